The van der Waals surface area contributed by atoms with Crippen LogP contribution in [0.1, 0.15) is 59.1 Å². The number of halogens is 1. The molecule has 10 nitrogen and oxygen atoms in total. The zero-order valence-electron chi connectivity index (χ0n) is 23.5. The lowest BCUT2D eigenvalue weighted by molar-refractivity contribution is -0.141. The number of rotatable bonds is 7. The first-order valence-corrected chi connectivity index (χ1v) is 13.5. The Labute approximate surface area is 238 Å². The SMILES string of the molecule is COC(=O)CCC1c2cccc(-c3noc(-c4ccc(OC(C)C)c(Cl)c4)n3)c2OCCN1C(=O)OC(C)(C)C. The highest BCUT2D eigenvalue weighted by atomic mass is 35.5. The first-order valence-electron chi connectivity index (χ1n) is 13.1. The molecule has 0 radical (unpaired) electrons. The molecule has 0 aliphatic carbocycles. The number of benzene rings is 2. The Morgan fingerprint density at radius 3 is 2.65 bits per heavy atom. The number of esters is 1. The van der Waals surface area contributed by atoms with Crippen LogP contribution < -0.4 is 9.47 Å². The summed E-state index contributed by atoms with van der Waals surface area (Å²) in [5.74, 6) is 1.28. The summed E-state index contributed by atoms with van der Waals surface area (Å²) < 4.78 is 28.0. The molecule has 40 heavy (non-hydrogen) atoms. The number of carbonyl (C=O) groups excluding carboxylic acids is 2. The summed E-state index contributed by atoms with van der Waals surface area (Å²) in [7, 11) is 1.34. The fourth-order valence-corrected chi connectivity index (χ4v) is 4.59. The van der Waals surface area contributed by atoms with E-state index in [0.29, 0.717) is 45.5 Å². The molecule has 1 atom stereocenters. The van der Waals surface area contributed by atoms with Gasteiger partial charge in [-0.1, -0.05) is 28.9 Å². The lowest BCUT2D eigenvalue weighted by Crippen LogP contribution is -2.40. The Bertz CT molecular complexity index is 1370. The number of ether oxygens (including phenoxy) is 4. The Balaban J connectivity index is 1.69. The largest absolute Gasteiger partial charge is 0.491 e. The molecule has 1 aliphatic heterocycles. The van der Waals surface area contributed by atoms with Crippen LogP contribution in [-0.2, 0) is 14.3 Å². The standard InChI is InChI=1S/C29H34ClN3O7/c1-17(2)38-23-12-10-18(16-21(23)30)27-31-26(32-40-27)20-9-7-8-19-22(11-13-24(34)36-6)33(14-15-37-25(19)20)28(35)39-29(3,4)5/h7-10,12,16-17,22H,11,13-15H2,1-6H3. The predicted octanol–water partition coefficient (Wildman–Crippen LogP) is 6.47. The molecule has 0 saturated carbocycles. The summed E-state index contributed by atoms with van der Waals surface area (Å²) in [6.45, 7) is 9.73. The Morgan fingerprint density at radius 1 is 1.20 bits per heavy atom. The molecule has 0 fully saturated rings. The van der Waals surface area contributed by atoms with E-state index in [2.05, 4.69) is 10.1 Å². The quantitative estimate of drug-likeness (QED) is 0.294. The number of methoxy groups -OCH3 is 1. The Kier molecular flexibility index (Phi) is 8.88. The maximum Gasteiger partial charge on any atom is 0.410 e. The fourth-order valence-electron chi connectivity index (χ4n) is 4.36. The van der Waals surface area contributed by atoms with Gasteiger partial charge in [0, 0.05) is 17.5 Å². The molecule has 1 aliphatic rings. The van der Waals surface area contributed by atoms with E-state index in [1.165, 1.54) is 7.11 Å². The molecule has 2 heterocycles. The smallest absolute Gasteiger partial charge is 0.410 e. The molecule has 0 saturated heterocycles. The van der Waals surface area contributed by atoms with E-state index in [1.54, 1.807) is 43.9 Å². The van der Waals surface area contributed by atoms with E-state index in [9.17, 15) is 9.59 Å². The third-order valence-electron chi connectivity index (χ3n) is 6.05. The van der Waals surface area contributed by atoms with Gasteiger partial charge in [-0.05, 0) is 65.3 Å². The summed E-state index contributed by atoms with van der Waals surface area (Å²) in [4.78, 5) is 31.4. The summed E-state index contributed by atoms with van der Waals surface area (Å²) in [5, 5.41) is 4.63. The first kappa shape index (κ1) is 29.2. The van der Waals surface area contributed by atoms with Crippen molar-refractivity contribution < 1.29 is 33.1 Å². The second kappa shape index (κ2) is 12.2. The molecule has 3 aromatic rings. The highest BCUT2D eigenvalue weighted by molar-refractivity contribution is 6.32. The van der Waals surface area contributed by atoms with Crippen LogP contribution in [0, 0.1) is 0 Å². The van der Waals surface area contributed by atoms with Crippen LogP contribution >= 0.6 is 11.6 Å². The number of hydrogen-bond donors (Lipinski definition) is 0. The zero-order valence-corrected chi connectivity index (χ0v) is 24.3. The van der Waals surface area contributed by atoms with Crippen molar-refractivity contribution in [1.82, 2.24) is 15.0 Å². The molecular weight excluding hydrogens is 538 g/mol. The number of nitrogens with zero attached hydrogens (tertiary/aromatic N) is 3. The van der Waals surface area contributed by atoms with Crippen molar-refractivity contribution in [1.29, 1.82) is 0 Å². The summed E-state index contributed by atoms with van der Waals surface area (Å²) in [6, 6.07) is 10.3. The van der Waals surface area contributed by atoms with Crippen LogP contribution in [0.25, 0.3) is 22.8 Å². The van der Waals surface area contributed by atoms with Gasteiger partial charge in [0.25, 0.3) is 5.89 Å². The monoisotopic (exact) mass is 571 g/mol. The van der Waals surface area contributed by atoms with Crippen LogP contribution in [0.2, 0.25) is 5.02 Å². The van der Waals surface area contributed by atoms with E-state index in [0.717, 1.165) is 0 Å². The molecule has 1 aromatic heterocycles. The highest BCUT2D eigenvalue weighted by Crippen LogP contribution is 2.42. The number of amides is 1. The van der Waals surface area contributed by atoms with Crippen molar-refractivity contribution in [2.75, 3.05) is 20.3 Å². The van der Waals surface area contributed by atoms with Crippen molar-refractivity contribution in [3.05, 3.63) is 47.0 Å². The number of hydrogen-bond acceptors (Lipinski definition) is 9. The van der Waals surface area contributed by atoms with E-state index in [-0.39, 0.29) is 37.5 Å². The number of carbonyl (C=O) groups is 2. The van der Waals surface area contributed by atoms with Crippen LogP contribution in [0.4, 0.5) is 4.79 Å². The molecule has 0 bridgehead atoms. The molecule has 214 valence electrons. The third-order valence-corrected chi connectivity index (χ3v) is 6.34. The minimum absolute atomic E-state index is 0.0191. The summed E-state index contributed by atoms with van der Waals surface area (Å²) in [6.07, 6.45) is -0.0949. The second-order valence-corrected chi connectivity index (χ2v) is 11.0. The Morgan fingerprint density at radius 2 is 1.98 bits per heavy atom. The normalized spacial score (nSPS) is 15.2. The Hall–Kier alpha value is -3.79. The summed E-state index contributed by atoms with van der Waals surface area (Å²) >= 11 is 6.41. The van der Waals surface area contributed by atoms with Gasteiger partial charge in [-0.15, -0.1) is 0 Å². The van der Waals surface area contributed by atoms with Crippen LogP contribution in [0.3, 0.4) is 0 Å². The molecule has 2 aromatic carbocycles. The van der Waals surface area contributed by atoms with Gasteiger partial charge in [0.1, 0.15) is 23.7 Å². The lowest BCUT2D eigenvalue weighted by atomic mass is 9.97. The average molecular weight is 572 g/mol. The van der Waals surface area contributed by atoms with Gasteiger partial charge in [-0.25, -0.2) is 4.79 Å². The third kappa shape index (κ3) is 6.85. The van der Waals surface area contributed by atoms with Crippen LogP contribution in [-0.4, -0.2) is 59.1 Å². The van der Waals surface area contributed by atoms with Crippen molar-refractivity contribution in [2.24, 2.45) is 0 Å². The minimum Gasteiger partial charge on any atom is -0.491 e. The molecular formula is C29H34ClN3O7. The van der Waals surface area contributed by atoms with E-state index in [1.807, 2.05) is 32.0 Å². The van der Waals surface area contributed by atoms with Crippen LogP contribution in [0.5, 0.6) is 11.5 Å². The van der Waals surface area contributed by atoms with Gasteiger partial charge in [0.05, 0.1) is 36.4 Å². The number of aromatic nitrogens is 2. The number of fused-ring (bicyclic) bond motifs is 1. The van der Waals surface area contributed by atoms with E-state index >= 15 is 0 Å². The summed E-state index contributed by atoms with van der Waals surface area (Å²) in [5.41, 5.74) is 1.24. The fraction of sp³-hybridized carbons (Fsp3) is 0.448. The van der Waals surface area contributed by atoms with Crippen molar-refractivity contribution in [3.8, 4) is 34.3 Å². The maximum atomic E-state index is 13.2. The average Bonchev–Trinajstić information content (AvgIpc) is 3.29. The van der Waals surface area contributed by atoms with Gasteiger partial charge < -0.3 is 23.5 Å². The zero-order chi connectivity index (χ0) is 29.0. The molecule has 0 N–H and O–H groups in total. The van der Waals surface area contributed by atoms with Gasteiger partial charge in [0.2, 0.25) is 5.82 Å². The second-order valence-electron chi connectivity index (χ2n) is 10.6. The maximum absolute atomic E-state index is 13.2. The topological polar surface area (TPSA) is 113 Å². The van der Waals surface area contributed by atoms with E-state index < -0.39 is 17.7 Å². The van der Waals surface area contributed by atoms with Crippen molar-refractivity contribution >= 4 is 23.7 Å². The van der Waals surface area contributed by atoms with Gasteiger partial charge in [-0.2, -0.15) is 4.98 Å². The van der Waals surface area contributed by atoms with Crippen LogP contribution in [0.15, 0.2) is 40.9 Å². The van der Waals surface area contributed by atoms with Gasteiger partial charge in [-0.3, -0.25) is 9.69 Å². The molecule has 11 heteroatoms. The molecule has 1 unspecified atom stereocenters. The van der Waals surface area contributed by atoms with Crippen molar-refractivity contribution in [2.45, 2.75) is 65.2 Å². The molecule has 4 rings (SSSR count). The molecule has 0 spiro atoms. The lowest BCUT2D eigenvalue weighted by Gasteiger charge is -2.32. The van der Waals surface area contributed by atoms with Gasteiger partial charge in [0.15, 0.2) is 0 Å². The van der Waals surface area contributed by atoms with E-state index in [4.69, 9.17) is 35.1 Å². The predicted molar refractivity (Wildman–Crippen MR) is 148 cm³/mol. The number of para-hydroxylation sites is 1. The van der Waals surface area contributed by atoms with Crippen molar-refractivity contribution in [3.63, 3.8) is 0 Å². The highest BCUT2D eigenvalue weighted by Gasteiger charge is 2.35. The first-order chi connectivity index (χ1) is 19.0. The minimum atomic E-state index is -0.690. The molecule has 1 amide bonds. The van der Waals surface area contributed by atoms with Gasteiger partial charge >= 0.3 is 12.1 Å².